The van der Waals surface area contributed by atoms with Gasteiger partial charge in [-0.3, -0.25) is 4.98 Å². The van der Waals surface area contributed by atoms with Crippen LogP contribution in [0, 0.1) is 6.92 Å². The quantitative estimate of drug-likeness (QED) is 0.705. The number of nitrogens with zero attached hydrogens (tertiary/aromatic N) is 3. The summed E-state index contributed by atoms with van der Waals surface area (Å²) in [6.07, 6.45) is 1.78. The highest BCUT2D eigenvalue weighted by molar-refractivity contribution is 5.83. The van der Waals surface area contributed by atoms with E-state index in [2.05, 4.69) is 15.0 Å². The van der Waals surface area contributed by atoms with Crippen molar-refractivity contribution in [3.63, 3.8) is 0 Å². The summed E-state index contributed by atoms with van der Waals surface area (Å²) in [5.41, 5.74) is 9.31. The molecule has 0 saturated heterocycles. The molecule has 0 aliphatic carbocycles. The first kappa shape index (κ1) is 10.7. The van der Waals surface area contributed by atoms with Crippen LogP contribution in [-0.4, -0.2) is 15.0 Å². The van der Waals surface area contributed by atoms with Gasteiger partial charge in [-0.05, 0) is 25.1 Å². The number of hydrogen-bond acceptors (Lipinski definition) is 4. The molecule has 0 aliphatic rings. The summed E-state index contributed by atoms with van der Waals surface area (Å²) < 4.78 is 0. The fourth-order valence-corrected chi connectivity index (χ4v) is 1.97. The lowest BCUT2D eigenvalue weighted by Gasteiger charge is -2.04. The second-order valence-electron chi connectivity index (χ2n) is 4.16. The third kappa shape index (κ3) is 1.88. The predicted molar refractivity (Wildman–Crippen MR) is 71.9 cm³/mol. The Labute approximate surface area is 105 Å². The Bertz CT molecular complexity index is 702. The fraction of sp³-hybridized carbons (Fsp3) is 0.0714. The van der Waals surface area contributed by atoms with Gasteiger partial charge in [0.2, 0.25) is 5.95 Å². The predicted octanol–water partition coefficient (Wildman–Crippen LogP) is 2.58. The molecule has 1 aromatic carbocycles. The summed E-state index contributed by atoms with van der Waals surface area (Å²) in [5.74, 6) is 0.297. The molecule has 0 fully saturated rings. The van der Waals surface area contributed by atoms with Crippen LogP contribution in [0.15, 0.2) is 42.6 Å². The molecule has 4 heteroatoms. The third-order valence-corrected chi connectivity index (χ3v) is 2.77. The van der Waals surface area contributed by atoms with E-state index >= 15 is 0 Å². The molecule has 3 rings (SSSR count). The molecular weight excluding hydrogens is 224 g/mol. The van der Waals surface area contributed by atoms with Gasteiger partial charge < -0.3 is 5.73 Å². The lowest BCUT2D eigenvalue weighted by molar-refractivity contribution is 1.12. The fourth-order valence-electron chi connectivity index (χ4n) is 1.97. The highest BCUT2D eigenvalue weighted by Crippen LogP contribution is 2.22. The van der Waals surface area contributed by atoms with E-state index in [1.54, 1.807) is 6.20 Å². The number of benzene rings is 1. The van der Waals surface area contributed by atoms with Gasteiger partial charge in [0.25, 0.3) is 0 Å². The SMILES string of the molecule is Cc1cc(-c2ccc3cccnc3c2)nc(N)n1. The van der Waals surface area contributed by atoms with Crippen LogP contribution in [0.25, 0.3) is 22.2 Å². The zero-order chi connectivity index (χ0) is 12.5. The zero-order valence-electron chi connectivity index (χ0n) is 9.96. The van der Waals surface area contributed by atoms with Gasteiger partial charge in [0, 0.05) is 22.8 Å². The van der Waals surface area contributed by atoms with Crippen molar-refractivity contribution in [2.45, 2.75) is 6.92 Å². The summed E-state index contributed by atoms with van der Waals surface area (Å²) in [7, 11) is 0. The summed E-state index contributed by atoms with van der Waals surface area (Å²) in [6.45, 7) is 1.90. The van der Waals surface area contributed by atoms with Crippen molar-refractivity contribution in [2.75, 3.05) is 5.73 Å². The molecule has 0 amide bonds. The van der Waals surface area contributed by atoms with E-state index in [1.807, 2.05) is 43.3 Å². The summed E-state index contributed by atoms with van der Waals surface area (Å²) in [4.78, 5) is 12.7. The molecule has 0 bridgehead atoms. The average Bonchev–Trinajstić information content (AvgIpc) is 2.37. The largest absolute Gasteiger partial charge is 0.368 e. The molecule has 0 atom stereocenters. The van der Waals surface area contributed by atoms with Crippen LogP contribution in [-0.2, 0) is 0 Å². The Balaban J connectivity index is 2.19. The number of nitrogens with two attached hydrogens (primary N) is 1. The maximum Gasteiger partial charge on any atom is 0.220 e. The number of fused-ring (bicyclic) bond motifs is 1. The summed E-state index contributed by atoms with van der Waals surface area (Å²) in [6, 6.07) is 11.9. The van der Waals surface area contributed by atoms with Crippen molar-refractivity contribution >= 4 is 16.9 Å². The van der Waals surface area contributed by atoms with Crippen molar-refractivity contribution in [2.24, 2.45) is 0 Å². The molecule has 2 aromatic heterocycles. The van der Waals surface area contributed by atoms with E-state index in [1.165, 1.54) is 0 Å². The van der Waals surface area contributed by atoms with E-state index in [0.29, 0.717) is 5.95 Å². The topological polar surface area (TPSA) is 64.7 Å². The van der Waals surface area contributed by atoms with Gasteiger partial charge in [0.05, 0.1) is 11.2 Å². The summed E-state index contributed by atoms with van der Waals surface area (Å²) >= 11 is 0. The Morgan fingerprint density at radius 2 is 1.94 bits per heavy atom. The van der Waals surface area contributed by atoms with E-state index in [9.17, 15) is 0 Å². The molecule has 0 unspecified atom stereocenters. The van der Waals surface area contributed by atoms with E-state index in [0.717, 1.165) is 27.9 Å². The highest BCUT2D eigenvalue weighted by Gasteiger charge is 2.04. The molecule has 0 saturated carbocycles. The van der Waals surface area contributed by atoms with Crippen LogP contribution in [0.2, 0.25) is 0 Å². The molecule has 88 valence electrons. The van der Waals surface area contributed by atoms with Crippen LogP contribution in [0.3, 0.4) is 0 Å². The summed E-state index contributed by atoms with van der Waals surface area (Å²) in [5, 5.41) is 1.11. The Hall–Kier alpha value is -2.49. The van der Waals surface area contributed by atoms with Gasteiger partial charge in [0.1, 0.15) is 0 Å². The van der Waals surface area contributed by atoms with Crippen molar-refractivity contribution in [1.29, 1.82) is 0 Å². The van der Waals surface area contributed by atoms with Gasteiger partial charge in [-0.2, -0.15) is 0 Å². The molecule has 2 N–H and O–H groups in total. The molecule has 0 radical (unpaired) electrons. The standard InChI is InChI=1S/C14H12N4/c1-9-7-13(18-14(15)17-9)11-5-4-10-3-2-6-16-12(10)8-11/h2-8H,1H3,(H2,15,17,18). The number of nitrogen functional groups attached to an aromatic ring is 1. The van der Waals surface area contributed by atoms with Crippen molar-refractivity contribution in [3.05, 3.63) is 48.3 Å². The third-order valence-electron chi connectivity index (χ3n) is 2.77. The van der Waals surface area contributed by atoms with Gasteiger partial charge in [-0.25, -0.2) is 9.97 Å². The minimum Gasteiger partial charge on any atom is -0.368 e. The normalized spacial score (nSPS) is 10.7. The van der Waals surface area contributed by atoms with E-state index in [-0.39, 0.29) is 0 Å². The number of rotatable bonds is 1. The first-order valence-electron chi connectivity index (χ1n) is 5.69. The Morgan fingerprint density at radius 3 is 2.78 bits per heavy atom. The van der Waals surface area contributed by atoms with Crippen molar-refractivity contribution in [1.82, 2.24) is 15.0 Å². The number of pyridine rings is 1. The molecule has 18 heavy (non-hydrogen) atoms. The average molecular weight is 236 g/mol. The Morgan fingerprint density at radius 1 is 1.06 bits per heavy atom. The molecular formula is C14H12N4. The first-order valence-corrected chi connectivity index (χ1v) is 5.69. The number of aromatic nitrogens is 3. The van der Waals surface area contributed by atoms with Crippen LogP contribution < -0.4 is 5.73 Å². The highest BCUT2D eigenvalue weighted by atomic mass is 15.0. The molecule has 3 aromatic rings. The van der Waals surface area contributed by atoms with Gasteiger partial charge >= 0.3 is 0 Å². The van der Waals surface area contributed by atoms with Crippen molar-refractivity contribution in [3.8, 4) is 11.3 Å². The molecule has 2 heterocycles. The van der Waals surface area contributed by atoms with Gasteiger partial charge in [0.15, 0.2) is 0 Å². The maximum absolute atomic E-state index is 5.67. The van der Waals surface area contributed by atoms with E-state index in [4.69, 9.17) is 5.73 Å². The zero-order valence-corrected chi connectivity index (χ0v) is 9.96. The minimum atomic E-state index is 0.297. The van der Waals surface area contributed by atoms with Crippen LogP contribution in [0.1, 0.15) is 5.69 Å². The second kappa shape index (κ2) is 4.07. The monoisotopic (exact) mass is 236 g/mol. The van der Waals surface area contributed by atoms with Crippen molar-refractivity contribution < 1.29 is 0 Å². The number of aryl methyl sites for hydroxylation is 1. The lowest BCUT2D eigenvalue weighted by atomic mass is 10.1. The first-order chi connectivity index (χ1) is 8.72. The van der Waals surface area contributed by atoms with E-state index < -0.39 is 0 Å². The maximum atomic E-state index is 5.67. The minimum absolute atomic E-state index is 0.297. The smallest absolute Gasteiger partial charge is 0.220 e. The molecule has 4 nitrogen and oxygen atoms in total. The van der Waals surface area contributed by atoms with Crippen LogP contribution >= 0.6 is 0 Å². The number of anilines is 1. The van der Waals surface area contributed by atoms with Gasteiger partial charge in [-0.15, -0.1) is 0 Å². The number of hydrogen-bond donors (Lipinski definition) is 1. The molecule has 0 aliphatic heterocycles. The molecule has 0 spiro atoms. The van der Waals surface area contributed by atoms with Crippen LogP contribution in [0.4, 0.5) is 5.95 Å². The van der Waals surface area contributed by atoms with Crippen LogP contribution in [0.5, 0.6) is 0 Å². The second-order valence-corrected chi connectivity index (χ2v) is 4.16. The lowest BCUT2D eigenvalue weighted by Crippen LogP contribution is -1.98. The van der Waals surface area contributed by atoms with Gasteiger partial charge in [-0.1, -0.05) is 18.2 Å². The Kier molecular flexibility index (Phi) is 2.41.